The maximum atomic E-state index is 12.2. The maximum absolute atomic E-state index is 12.2. The number of aromatic nitrogens is 4. The SMILES string of the molecule is CC(NC(=O)Cn1cnc2sccc2c1=O)c1ncc[nH]1. The van der Waals surface area contributed by atoms with Crippen molar-refractivity contribution in [2.75, 3.05) is 0 Å². The van der Waals surface area contributed by atoms with Gasteiger partial charge in [-0.3, -0.25) is 14.2 Å². The Morgan fingerprint density at radius 3 is 3.14 bits per heavy atom. The molecular formula is C13H13N5O2S. The first-order valence-electron chi connectivity index (χ1n) is 6.36. The molecule has 0 aliphatic carbocycles. The molecule has 0 aliphatic heterocycles. The number of rotatable bonds is 4. The lowest BCUT2D eigenvalue weighted by Crippen LogP contribution is -2.34. The molecule has 0 saturated carbocycles. The molecule has 1 amide bonds. The van der Waals surface area contributed by atoms with E-state index < -0.39 is 0 Å². The van der Waals surface area contributed by atoms with Crippen LogP contribution in [0.2, 0.25) is 0 Å². The van der Waals surface area contributed by atoms with Crippen LogP contribution in [0.5, 0.6) is 0 Å². The van der Waals surface area contributed by atoms with Gasteiger partial charge in [0, 0.05) is 12.4 Å². The van der Waals surface area contributed by atoms with E-state index in [9.17, 15) is 9.59 Å². The van der Waals surface area contributed by atoms with Crippen molar-refractivity contribution in [2.24, 2.45) is 0 Å². The molecule has 3 rings (SSSR count). The Hall–Kier alpha value is -2.48. The third-order valence-corrected chi connectivity index (χ3v) is 3.89. The molecule has 2 N–H and O–H groups in total. The van der Waals surface area contributed by atoms with Crippen LogP contribution in [0.15, 0.2) is 35.0 Å². The van der Waals surface area contributed by atoms with Crippen molar-refractivity contribution in [3.05, 3.63) is 46.3 Å². The number of thiophene rings is 1. The highest BCUT2D eigenvalue weighted by Gasteiger charge is 2.13. The van der Waals surface area contributed by atoms with Crippen molar-refractivity contribution < 1.29 is 4.79 Å². The highest BCUT2D eigenvalue weighted by molar-refractivity contribution is 7.16. The number of nitrogens with zero attached hydrogens (tertiary/aromatic N) is 3. The molecule has 7 nitrogen and oxygen atoms in total. The summed E-state index contributed by atoms with van der Waals surface area (Å²) in [4.78, 5) is 36.0. The van der Waals surface area contributed by atoms with Crippen LogP contribution >= 0.6 is 11.3 Å². The Morgan fingerprint density at radius 2 is 2.38 bits per heavy atom. The highest BCUT2D eigenvalue weighted by atomic mass is 32.1. The van der Waals surface area contributed by atoms with Gasteiger partial charge in [0.1, 0.15) is 17.2 Å². The van der Waals surface area contributed by atoms with Crippen molar-refractivity contribution in [1.82, 2.24) is 24.8 Å². The standard InChI is InChI=1S/C13H13N5O2S/c1-8(11-14-3-4-15-11)17-10(19)6-18-7-16-12-9(13(18)20)2-5-21-12/h2-5,7-8H,6H2,1H3,(H,14,15)(H,17,19). The molecule has 3 heterocycles. The van der Waals surface area contributed by atoms with E-state index in [1.54, 1.807) is 18.5 Å². The summed E-state index contributed by atoms with van der Waals surface area (Å²) in [6.07, 6.45) is 4.71. The van der Waals surface area contributed by atoms with Gasteiger partial charge in [0.15, 0.2) is 0 Å². The van der Waals surface area contributed by atoms with Gasteiger partial charge in [-0.2, -0.15) is 0 Å². The molecule has 0 saturated heterocycles. The average molecular weight is 303 g/mol. The third-order valence-electron chi connectivity index (χ3n) is 3.07. The van der Waals surface area contributed by atoms with Crippen LogP contribution in [0.3, 0.4) is 0 Å². The van der Waals surface area contributed by atoms with Gasteiger partial charge in [-0.05, 0) is 18.4 Å². The van der Waals surface area contributed by atoms with Crippen LogP contribution in [0.25, 0.3) is 10.2 Å². The minimum atomic E-state index is -0.266. The van der Waals surface area contributed by atoms with Gasteiger partial charge >= 0.3 is 0 Å². The van der Waals surface area contributed by atoms with Crippen LogP contribution in [0.4, 0.5) is 0 Å². The van der Waals surface area contributed by atoms with Crippen LogP contribution in [-0.2, 0) is 11.3 Å². The second-order valence-corrected chi connectivity index (χ2v) is 5.48. The number of carbonyl (C=O) groups is 1. The van der Waals surface area contributed by atoms with Gasteiger partial charge in [-0.15, -0.1) is 11.3 Å². The molecule has 1 atom stereocenters. The molecule has 0 aromatic carbocycles. The number of H-pyrrole nitrogens is 1. The summed E-state index contributed by atoms with van der Waals surface area (Å²) < 4.78 is 1.30. The van der Waals surface area contributed by atoms with Crippen LogP contribution in [0, 0.1) is 0 Å². The molecule has 21 heavy (non-hydrogen) atoms. The lowest BCUT2D eigenvalue weighted by molar-refractivity contribution is -0.122. The zero-order valence-corrected chi connectivity index (χ0v) is 12.1. The van der Waals surface area contributed by atoms with E-state index in [0.717, 1.165) is 0 Å². The predicted octanol–water partition coefficient (Wildman–Crippen LogP) is 1.06. The van der Waals surface area contributed by atoms with E-state index >= 15 is 0 Å². The largest absolute Gasteiger partial charge is 0.347 e. The number of aromatic amines is 1. The summed E-state index contributed by atoms with van der Waals surface area (Å²) in [7, 11) is 0. The second kappa shape index (κ2) is 5.49. The second-order valence-electron chi connectivity index (χ2n) is 4.58. The lowest BCUT2D eigenvalue weighted by atomic mass is 10.3. The van der Waals surface area contributed by atoms with E-state index in [1.165, 1.54) is 22.2 Å². The maximum Gasteiger partial charge on any atom is 0.262 e. The number of nitrogens with one attached hydrogen (secondary N) is 2. The molecule has 0 bridgehead atoms. The van der Waals surface area contributed by atoms with Crippen molar-refractivity contribution in [3.8, 4) is 0 Å². The number of hydrogen-bond donors (Lipinski definition) is 2. The number of fused-ring (bicyclic) bond motifs is 1. The van der Waals surface area contributed by atoms with Gasteiger partial charge < -0.3 is 10.3 Å². The summed E-state index contributed by atoms with van der Waals surface area (Å²) >= 11 is 1.40. The smallest absolute Gasteiger partial charge is 0.262 e. The molecule has 3 aromatic heterocycles. The zero-order chi connectivity index (χ0) is 14.8. The lowest BCUT2D eigenvalue weighted by Gasteiger charge is -2.12. The normalized spacial score (nSPS) is 12.4. The molecule has 8 heteroatoms. The van der Waals surface area contributed by atoms with Gasteiger partial charge in [-0.1, -0.05) is 0 Å². The molecule has 108 valence electrons. The zero-order valence-electron chi connectivity index (χ0n) is 11.2. The Bertz CT molecular complexity index is 821. The Labute approximate surface area is 123 Å². The van der Waals surface area contributed by atoms with Gasteiger partial charge in [0.2, 0.25) is 5.91 Å². The average Bonchev–Trinajstić information content (AvgIpc) is 3.12. The van der Waals surface area contributed by atoms with E-state index in [2.05, 4.69) is 20.3 Å². The predicted molar refractivity (Wildman–Crippen MR) is 79.0 cm³/mol. The Balaban J connectivity index is 1.74. The number of hydrogen-bond acceptors (Lipinski definition) is 5. The fourth-order valence-electron chi connectivity index (χ4n) is 2.03. The first kappa shape index (κ1) is 13.5. The van der Waals surface area contributed by atoms with E-state index in [-0.39, 0.29) is 24.1 Å². The van der Waals surface area contributed by atoms with Crippen molar-refractivity contribution in [3.63, 3.8) is 0 Å². The van der Waals surface area contributed by atoms with Gasteiger partial charge in [-0.25, -0.2) is 9.97 Å². The topological polar surface area (TPSA) is 92.7 Å². The van der Waals surface area contributed by atoms with Crippen molar-refractivity contribution >= 4 is 27.5 Å². The number of amides is 1. The van der Waals surface area contributed by atoms with E-state index in [4.69, 9.17) is 0 Å². The fourth-order valence-corrected chi connectivity index (χ4v) is 2.75. The fraction of sp³-hybridized carbons (Fsp3) is 0.231. The third kappa shape index (κ3) is 2.70. The number of imidazole rings is 1. The molecule has 1 unspecified atom stereocenters. The Kier molecular flexibility index (Phi) is 3.53. The molecule has 0 radical (unpaired) electrons. The van der Waals surface area contributed by atoms with Gasteiger partial charge in [0.25, 0.3) is 5.56 Å². The van der Waals surface area contributed by atoms with E-state index in [0.29, 0.717) is 16.0 Å². The highest BCUT2D eigenvalue weighted by Crippen LogP contribution is 2.13. The van der Waals surface area contributed by atoms with Crippen LogP contribution in [0.1, 0.15) is 18.8 Å². The quantitative estimate of drug-likeness (QED) is 0.753. The Morgan fingerprint density at radius 1 is 1.52 bits per heavy atom. The molecule has 3 aromatic rings. The molecular weight excluding hydrogens is 290 g/mol. The summed E-state index contributed by atoms with van der Waals surface area (Å²) in [5.41, 5.74) is -0.206. The van der Waals surface area contributed by atoms with Gasteiger partial charge in [0.05, 0.1) is 17.8 Å². The minimum Gasteiger partial charge on any atom is -0.347 e. The molecule has 0 spiro atoms. The summed E-state index contributed by atoms with van der Waals surface area (Å²) in [6.45, 7) is 1.75. The summed E-state index contributed by atoms with van der Waals surface area (Å²) in [5.74, 6) is 0.402. The summed E-state index contributed by atoms with van der Waals surface area (Å²) in [5, 5.41) is 5.13. The first-order chi connectivity index (χ1) is 10.1. The first-order valence-corrected chi connectivity index (χ1v) is 7.24. The van der Waals surface area contributed by atoms with E-state index in [1.807, 2.05) is 12.3 Å². The van der Waals surface area contributed by atoms with Crippen molar-refractivity contribution in [1.29, 1.82) is 0 Å². The van der Waals surface area contributed by atoms with Crippen molar-refractivity contribution in [2.45, 2.75) is 19.5 Å². The minimum absolute atomic E-state index is 0.0668. The molecule has 0 aliphatic rings. The van der Waals surface area contributed by atoms with Crippen LogP contribution < -0.4 is 10.9 Å². The molecule has 0 fully saturated rings. The number of carbonyl (C=O) groups excluding carboxylic acids is 1. The summed E-state index contributed by atoms with van der Waals surface area (Å²) in [6, 6.07) is 1.47. The van der Waals surface area contributed by atoms with Crippen LogP contribution in [-0.4, -0.2) is 25.4 Å². The monoisotopic (exact) mass is 303 g/mol.